The monoisotopic (exact) mass is 444 g/mol. The van der Waals surface area contributed by atoms with E-state index in [9.17, 15) is 0 Å². The molecule has 0 radical (unpaired) electrons. The molecule has 2 aliphatic rings. The van der Waals surface area contributed by atoms with Gasteiger partial charge in [-0.25, -0.2) is 4.98 Å². The van der Waals surface area contributed by atoms with Gasteiger partial charge in [0.2, 0.25) is 5.95 Å². The Kier molecular flexibility index (Phi) is 5.39. The highest BCUT2D eigenvalue weighted by atomic mass is 16.3. The van der Waals surface area contributed by atoms with E-state index in [-0.39, 0.29) is 0 Å². The Hall–Kier alpha value is -3.46. The van der Waals surface area contributed by atoms with Crippen LogP contribution >= 0.6 is 0 Å². The quantitative estimate of drug-likeness (QED) is 0.465. The fourth-order valence-electron chi connectivity index (χ4n) is 4.77. The minimum absolute atomic E-state index is 0.479. The van der Waals surface area contributed by atoms with Crippen LogP contribution in [0.3, 0.4) is 0 Å². The van der Waals surface area contributed by atoms with Crippen LogP contribution in [0.2, 0.25) is 0 Å². The fourth-order valence-corrected chi connectivity index (χ4v) is 4.77. The van der Waals surface area contributed by atoms with Crippen LogP contribution in [0.25, 0.3) is 22.6 Å². The zero-order chi connectivity index (χ0) is 22.0. The Morgan fingerprint density at radius 3 is 2.70 bits per heavy atom. The van der Waals surface area contributed by atoms with Crippen molar-refractivity contribution in [2.45, 2.75) is 38.3 Å². The molecule has 0 aromatic carbocycles. The smallest absolute Gasteiger partial charge is 0.229 e. The molecule has 4 aromatic heterocycles. The second-order valence-electron chi connectivity index (χ2n) is 8.75. The van der Waals surface area contributed by atoms with Gasteiger partial charge in [0, 0.05) is 45.0 Å². The van der Waals surface area contributed by atoms with Crippen LogP contribution in [0.15, 0.2) is 47.5 Å². The molecule has 0 unspecified atom stereocenters. The number of furan rings is 1. The molecule has 0 bridgehead atoms. The van der Waals surface area contributed by atoms with Crippen LogP contribution in [0.1, 0.15) is 37.3 Å². The van der Waals surface area contributed by atoms with E-state index in [2.05, 4.69) is 31.2 Å². The number of aromatic nitrogens is 5. The summed E-state index contributed by atoms with van der Waals surface area (Å²) in [7, 11) is 0. The molecule has 1 saturated carbocycles. The van der Waals surface area contributed by atoms with Gasteiger partial charge in [-0.1, -0.05) is 18.9 Å². The van der Waals surface area contributed by atoms with Gasteiger partial charge in [-0.15, -0.1) is 0 Å². The van der Waals surface area contributed by atoms with Crippen molar-refractivity contribution in [1.82, 2.24) is 29.8 Å². The zero-order valence-corrected chi connectivity index (χ0v) is 18.6. The molecule has 4 aromatic rings. The van der Waals surface area contributed by atoms with Crippen molar-refractivity contribution in [3.8, 4) is 11.5 Å². The maximum absolute atomic E-state index is 5.44. The van der Waals surface area contributed by atoms with Gasteiger partial charge in [0.25, 0.3) is 0 Å². The van der Waals surface area contributed by atoms with E-state index in [0.29, 0.717) is 12.6 Å². The third-order valence-corrected chi connectivity index (χ3v) is 6.59. The summed E-state index contributed by atoms with van der Waals surface area (Å²) in [4.78, 5) is 21.4. The molecular formula is C24H28N8O. The van der Waals surface area contributed by atoms with Gasteiger partial charge < -0.3 is 24.5 Å². The number of hydrogen-bond donors (Lipinski definition) is 2. The zero-order valence-electron chi connectivity index (χ0n) is 18.6. The van der Waals surface area contributed by atoms with Crippen LogP contribution in [0, 0.1) is 0 Å². The Morgan fingerprint density at radius 1 is 1.06 bits per heavy atom. The van der Waals surface area contributed by atoms with Crippen molar-refractivity contribution in [2.75, 3.05) is 36.4 Å². The first-order chi connectivity index (χ1) is 16.3. The van der Waals surface area contributed by atoms with Crippen LogP contribution < -0.4 is 15.5 Å². The van der Waals surface area contributed by atoms with Gasteiger partial charge in [0.1, 0.15) is 5.69 Å². The van der Waals surface area contributed by atoms with Gasteiger partial charge in [-0.3, -0.25) is 4.98 Å². The lowest BCUT2D eigenvalue weighted by molar-refractivity contribution is 0.528. The molecule has 9 heteroatoms. The average molecular weight is 445 g/mol. The van der Waals surface area contributed by atoms with Crippen molar-refractivity contribution >= 4 is 22.9 Å². The Morgan fingerprint density at radius 2 is 1.94 bits per heavy atom. The van der Waals surface area contributed by atoms with E-state index in [1.165, 1.54) is 25.7 Å². The highest BCUT2D eigenvalue weighted by molar-refractivity contribution is 5.84. The van der Waals surface area contributed by atoms with Gasteiger partial charge in [0.15, 0.2) is 22.7 Å². The lowest BCUT2D eigenvalue weighted by atomic mass is 10.2. The van der Waals surface area contributed by atoms with Crippen molar-refractivity contribution in [2.24, 2.45) is 0 Å². The van der Waals surface area contributed by atoms with E-state index < -0.39 is 0 Å². The molecule has 6 rings (SSSR count). The van der Waals surface area contributed by atoms with E-state index >= 15 is 0 Å². The standard InChI is InChI=1S/C24H28N8O/c1-2-5-18(4-1)32-16-28-21-22(29-24(30-23(21)32)31-11-9-25-10-12-31)27-15-17-7-8-19(26-14-17)20-6-3-13-33-20/h3,6-8,13-14,16,18,25H,1-2,4-5,9-12,15H2,(H,27,29,30). The molecule has 0 amide bonds. The third kappa shape index (κ3) is 4.04. The van der Waals surface area contributed by atoms with Crippen molar-refractivity contribution in [3.63, 3.8) is 0 Å². The number of imidazole rings is 1. The number of anilines is 2. The van der Waals surface area contributed by atoms with Crippen LogP contribution in [-0.2, 0) is 6.54 Å². The predicted molar refractivity (Wildman–Crippen MR) is 127 cm³/mol. The Labute approximate surface area is 192 Å². The van der Waals surface area contributed by atoms with Gasteiger partial charge in [0.05, 0.1) is 12.6 Å². The fraction of sp³-hybridized carbons (Fsp3) is 0.417. The third-order valence-electron chi connectivity index (χ3n) is 6.59. The minimum Gasteiger partial charge on any atom is -0.463 e. The summed E-state index contributed by atoms with van der Waals surface area (Å²) in [6.07, 6.45) is 10.4. The molecule has 2 N–H and O–H groups in total. The highest BCUT2D eigenvalue weighted by Gasteiger charge is 2.23. The van der Waals surface area contributed by atoms with Gasteiger partial charge in [-0.05, 0) is 36.6 Å². The number of nitrogens with zero attached hydrogens (tertiary/aromatic N) is 6. The van der Waals surface area contributed by atoms with E-state index in [1.807, 2.05) is 30.7 Å². The molecule has 1 aliphatic carbocycles. The lowest BCUT2D eigenvalue weighted by Crippen LogP contribution is -2.44. The van der Waals surface area contributed by atoms with Crippen LogP contribution in [0.5, 0.6) is 0 Å². The molecule has 2 fully saturated rings. The maximum atomic E-state index is 5.44. The largest absolute Gasteiger partial charge is 0.463 e. The Bertz CT molecular complexity index is 1210. The Balaban J connectivity index is 1.29. The molecule has 170 valence electrons. The maximum Gasteiger partial charge on any atom is 0.229 e. The number of piperazine rings is 1. The molecule has 33 heavy (non-hydrogen) atoms. The molecule has 1 saturated heterocycles. The number of fused-ring (bicyclic) bond motifs is 1. The van der Waals surface area contributed by atoms with E-state index in [0.717, 1.165) is 66.1 Å². The molecule has 1 aliphatic heterocycles. The lowest BCUT2D eigenvalue weighted by Gasteiger charge is -2.27. The van der Waals surface area contributed by atoms with Crippen LogP contribution in [0.4, 0.5) is 11.8 Å². The van der Waals surface area contributed by atoms with Crippen molar-refractivity contribution in [1.29, 1.82) is 0 Å². The summed E-state index contributed by atoms with van der Waals surface area (Å²) >= 11 is 0. The van der Waals surface area contributed by atoms with Gasteiger partial charge >= 0.3 is 0 Å². The molecule has 0 atom stereocenters. The molecular weight excluding hydrogens is 416 g/mol. The second kappa shape index (κ2) is 8.82. The number of hydrogen-bond acceptors (Lipinski definition) is 8. The molecule has 5 heterocycles. The normalized spacial score (nSPS) is 17.2. The summed E-state index contributed by atoms with van der Waals surface area (Å²) < 4.78 is 7.70. The van der Waals surface area contributed by atoms with Gasteiger partial charge in [-0.2, -0.15) is 9.97 Å². The van der Waals surface area contributed by atoms with Crippen LogP contribution in [-0.4, -0.2) is 50.7 Å². The summed E-state index contributed by atoms with van der Waals surface area (Å²) in [5.41, 5.74) is 3.65. The predicted octanol–water partition coefficient (Wildman–Crippen LogP) is 3.62. The number of nitrogens with one attached hydrogen (secondary N) is 2. The summed E-state index contributed by atoms with van der Waals surface area (Å²) in [5, 5.41) is 6.91. The van der Waals surface area contributed by atoms with Crippen molar-refractivity contribution < 1.29 is 4.42 Å². The van der Waals surface area contributed by atoms with E-state index in [4.69, 9.17) is 19.4 Å². The highest BCUT2D eigenvalue weighted by Crippen LogP contribution is 2.33. The first-order valence-corrected chi connectivity index (χ1v) is 11.8. The van der Waals surface area contributed by atoms with Crippen molar-refractivity contribution in [3.05, 3.63) is 48.6 Å². The molecule has 9 nitrogen and oxygen atoms in total. The number of pyridine rings is 1. The first kappa shape index (κ1) is 20.2. The first-order valence-electron chi connectivity index (χ1n) is 11.8. The molecule has 0 spiro atoms. The minimum atomic E-state index is 0.479. The summed E-state index contributed by atoms with van der Waals surface area (Å²) in [5.74, 6) is 2.32. The average Bonchev–Trinajstić information content (AvgIpc) is 3.65. The summed E-state index contributed by atoms with van der Waals surface area (Å²) in [6, 6.07) is 8.30. The second-order valence-corrected chi connectivity index (χ2v) is 8.75. The van der Waals surface area contributed by atoms with E-state index in [1.54, 1.807) is 6.26 Å². The SMILES string of the molecule is c1coc(-c2ccc(CNc3nc(N4CCNCC4)nc4c3ncn4C3CCCC3)cn2)c1. The number of rotatable bonds is 6. The summed E-state index contributed by atoms with van der Waals surface area (Å²) in [6.45, 7) is 4.30. The topological polar surface area (TPSA) is 96.9 Å².